The highest BCUT2D eigenvalue weighted by Crippen LogP contribution is 2.31. The third-order valence-electron chi connectivity index (χ3n) is 6.63. The lowest BCUT2D eigenvalue weighted by atomic mass is 9.86. The molecule has 2 fully saturated rings. The van der Waals surface area contributed by atoms with Crippen LogP contribution in [0.3, 0.4) is 0 Å². The van der Waals surface area contributed by atoms with Gasteiger partial charge >= 0.3 is 6.09 Å². The Bertz CT molecular complexity index is 1150. The van der Waals surface area contributed by atoms with E-state index in [9.17, 15) is 31.9 Å². The fraction of sp³-hybridized carbons (Fsp3) is 0.483. The monoisotopic (exact) mass is 550 g/mol. The molecule has 2 heterocycles. The molecule has 4 rings (SSSR count). The fourth-order valence-corrected chi connectivity index (χ4v) is 4.37. The molecule has 2 aromatic carbocycles. The van der Waals surface area contributed by atoms with E-state index < -0.39 is 46.2 Å². The van der Waals surface area contributed by atoms with Crippen LogP contribution in [-0.4, -0.2) is 65.7 Å². The number of likely N-dealkylation sites (tertiary alicyclic amines) is 1. The Hall–Kier alpha value is -3.27. The molecule has 2 aromatic rings. The summed E-state index contributed by atoms with van der Waals surface area (Å²) < 4.78 is 60.0. The molecule has 0 atom stereocenters. The minimum atomic E-state index is -2.03. The van der Waals surface area contributed by atoms with Gasteiger partial charge in [-0.25, -0.2) is 22.4 Å². The molecule has 0 unspecified atom stereocenters. The summed E-state index contributed by atoms with van der Waals surface area (Å²) in [7, 11) is 0. The third kappa shape index (κ3) is 8.11. The second kappa shape index (κ2) is 12.3. The fourth-order valence-electron chi connectivity index (χ4n) is 4.37. The highest BCUT2D eigenvalue weighted by molar-refractivity contribution is 6.03. The molecule has 0 saturated carbocycles. The highest BCUT2D eigenvalue weighted by atomic mass is 19.2. The van der Waals surface area contributed by atoms with Crippen LogP contribution in [0, 0.1) is 11.6 Å². The average Bonchev–Trinajstić information content (AvgIpc) is 2.89. The second-order valence-electron chi connectivity index (χ2n) is 10.8. The summed E-state index contributed by atoms with van der Waals surface area (Å²) in [5.41, 5.74) is -4.06. The summed E-state index contributed by atoms with van der Waals surface area (Å²) in [5, 5.41) is 3.00. The molecule has 6 nitrogen and oxygen atoms in total. The number of rotatable bonds is 4. The number of amides is 1. The summed E-state index contributed by atoms with van der Waals surface area (Å²) in [6, 6.07) is 9.84. The number of piperidine rings is 2. The molecule has 0 radical (unpaired) electrons. The smallest absolute Gasteiger partial charge is 0.410 e. The lowest BCUT2D eigenvalue weighted by molar-refractivity contribution is 0.00500. The van der Waals surface area contributed by atoms with E-state index in [2.05, 4.69) is 5.32 Å². The Morgan fingerprint density at radius 2 is 1.13 bits per heavy atom. The van der Waals surface area contributed by atoms with Crippen molar-refractivity contribution in [2.45, 2.75) is 63.4 Å². The van der Waals surface area contributed by atoms with Crippen LogP contribution in [-0.2, 0) is 4.74 Å². The van der Waals surface area contributed by atoms with Gasteiger partial charge in [0.15, 0.2) is 22.9 Å². The SMILES string of the molecule is CC(C)(C)OC(=O)N1CCC(F)(C(=O)c2ccc(F)cc2)CC1.O=C(c1ccc(F)cc1)C1(F)CCNCC1. The lowest BCUT2D eigenvalue weighted by Gasteiger charge is -2.36. The van der Waals surface area contributed by atoms with Crippen molar-refractivity contribution in [3.8, 4) is 0 Å². The zero-order valence-corrected chi connectivity index (χ0v) is 22.4. The summed E-state index contributed by atoms with van der Waals surface area (Å²) >= 11 is 0. The summed E-state index contributed by atoms with van der Waals surface area (Å²) in [4.78, 5) is 37.6. The van der Waals surface area contributed by atoms with Gasteiger partial charge in [-0.15, -0.1) is 0 Å². The molecule has 1 amide bonds. The molecule has 0 aromatic heterocycles. The maximum absolute atomic E-state index is 14.9. The first-order chi connectivity index (χ1) is 18.2. The number of Topliss-reactive ketones (excluding diaryl/α,β-unsaturated/α-hetero) is 2. The van der Waals surface area contributed by atoms with E-state index >= 15 is 0 Å². The number of hydrogen-bond donors (Lipinski definition) is 1. The van der Waals surface area contributed by atoms with Crippen LogP contribution >= 0.6 is 0 Å². The van der Waals surface area contributed by atoms with Gasteiger partial charge in [0.05, 0.1) is 0 Å². The summed E-state index contributed by atoms with van der Waals surface area (Å²) in [5.74, 6) is -2.10. The van der Waals surface area contributed by atoms with Crippen molar-refractivity contribution in [1.29, 1.82) is 0 Å². The highest BCUT2D eigenvalue weighted by Gasteiger charge is 2.43. The van der Waals surface area contributed by atoms with Crippen molar-refractivity contribution in [1.82, 2.24) is 10.2 Å². The molecular weight excluding hydrogens is 516 g/mol. The number of nitrogens with one attached hydrogen (secondary N) is 1. The average molecular weight is 551 g/mol. The number of carbonyl (C=O) groups excluding carboxylic acids is 3. The molecule has 2 saturated heterocycles. The predicted octanol–water partition coefficient (Wildman–Crippen LogP) is 5.85. The Labute approximate surface area is 225 Å². The van der Waals surface area contributed by atoms with Gasteiger partial charge in [0.1, 0.15) is 17.2 Å². The van der Waals surface area contributed by atoms with Gasteiger partial charge in [-0.1, -0.05) is 0 Å². The van der Waals surface area contributed by atoms with Crippen LogP contribution in [0.25, 0.3) is 0 Å². The normalized spacial score (nSPS) is 18.4. The van der Waals surface area contributed by atoms with Gasteiger partial charge < -0.3 is 15.0 Å². The molecule has 0 bridgehead atoms. The van der Waals surface area contributed by atoms with E-state index in [4.69, 9.17) is 4.74 Å². The van der Waals surface area contributed by atoms with E-state index in [1.807, 2.05) is 0 Å². The Morgan fingerprint density at radius 1 is 0.744 bits per heavy atom. The number of ketones is 2. The van der Waals surface area contributed by atoms with Crippen LogP contribution in [0.5, 0.6) is 0 Å². The van der Waals surface area contributed by atoms with Gasteiger partial charge in [0.25, 0.3) is 0 Å². The molecule has 0 spiro atoms. The van der Waals surface area contributed by atoms with Gasteiger partial charge in [-0.2, -0.15) is 0 Å². The number of ether oxygens (including phenoxy) is 1. The largest absolute Gasteiger partial charge is 0.444 e. The van der Waals surface area contributed by atoms with Crippen LogP contribution in [0.4, 0.5) is 22.4 Å². The number of halogens is 4. The topological polar surface area (TPSA) is 75.7 Å². The second-order valence-corrected chi connectivity index (χ2v) is 10.8. The van der Waals surface area contributed by atoms with Crippen LogP contribution < -0.4 is 5.32 Å². The third-order valence-corrected chi connectivity index (χ3v) is 6.63. The van der Waals surface area contributed by atoms with Gasteiger partial charge in [0.2, 0.25) is 0 Å². The maximum atomic E-state index is 14.9. The Morgan fingerprint density at radius 3 is 1.51 bits per heavy atom. The summed E-state index contributed by atoms with van der Waals surface area (Å²) in [6.07, 6.45) is -0.328. The number of hydrogen-bond acceptors (Lipinski definition) is 5. The molecule has 2 aliphatic heterocycles. The number of benzene rings is 2. The first-order valence-electron chi connectivity index (χ1n) is 12.9. The molecule has 10 heteroatoms. The quantitative estimate of drug-likeness (QED) is 0.382. The molecular formula is C29H34F4N2O4. The Kier molecular flexibility index (Phi) is 9.53. The molecule has 0 aliphatic carbocycles. The van der Waals surface area contributed by atoms with Gasteiger partial charge in [0, 0.05) is 49.9 Å². The standard InChI is InChI=1S/C17H21F2NO3.C12H13F2NO/c1-16(2,3)23-15(22)20-10-8-17(19,9-11-20)14(21)12-4-6-13(18)7-5-12;13-10-3-1-9(2-4-10)11(16)12(14)5-7-15-8-6-12/h4-7H,8-11H2,1-3H3;1-4,15H,5-8H2. The Balaban J connectivity index is 0.000000230. The zero-order chi connectivity index (χ0) is 28.8. The minimum Gasteiger partial charge on any atom is -0.444 e. The number of nitrogens with zero attached hydrogens (tertiary/aromatic N) is 1. The van der Waals surface area contributed by atoms with Gasteiger partial charge in [-0.3, -0.25) is 9.59 Å². The van der Waals surface area contributed by atoms with Crippen molar-refractivity contribution >= 4 is 17.7 Å². The molecule has 1 N–H and O–H groups in total. The number of carbonyl (C=O) groups is 3. The first-order valence-corrected chi connectivity index (χ1v) is 12.9. The molecule has 39 heavy (non-hydrogen) atoms. The van der Waals surface area contributed by atoms with Crippen molar-refractivity contribution in [2.75, 3.05) is 26.2 Å². The number of alkyl halides is 2. The van der Waals surface area contributed by atoms with Crippen molar-refractivity contribution in [2.24, 2.45) is 0 Å². The zero-order valence-electron chi connectivity index (χ0n) is 22.4. The first kappa shape index (κ1) is 30.3. The van der Waals surface area contributed by atoms with E-state index in [1.54, 1.807) is 20.8 Å². The van der Waals surface area contributed by atoms with Crippen LogP contribution in [0.1, 0.15) is 67.2 Å². The van der Waals surface area contributed by atoms with Crippen molar-refractivity contribution in [3.05, 3.63) is 71.3 Å². The van der Waals surface area contributed by atoms with E-state index in [0.29, 0.717) is 13.1 Å². The molecule has 2 aliphatic rings. The van der Waals surface area contributed by atoms with Crippen molar-refractivity contribution in [3.63, 3.8) is 0 Å². The van der Waals surface area contributed by atoms with E-state index in [-0.39, 0.29) is 49.9 Å². The minimum absolute atomic E-state index is 0.0948. The van der Waals surface area contributed by atoms with Crippen molar-refractivity contribution < 1.29 is 36.7 Å². The van der Waals surface area contributed by atoms with E-state index in [0.717, 1.165) is 12.1 Å². The molecule has 212 valence electrons. The lowest BCUT2D eigenvalue weighted by Crippen LogP contribution is -2.49. The van der Waals surface area contributed by atoms with Crippen LogP contribution in [0.15, 0.2) is 48.5 Å². The van der Waals surface area contributed by atoms with Crippen LogP contribution in [0.2, 0.25) is 0 Å². The predicted molar refractivity (Wildman–Crippen MR) is 138 cm³/mol. The summed E-state index contributed by atoms with van der Waals surface area (Å²) in [6.45, 7) is 6.49. The van der Waals surface area contributed by atoms with Gasteiger partial charge in [-0.05, 0) is 82.4 Å². The van der Waals surface area contributed by atoms with E-state index in [1.165, 1.54) is 41.3 Å². The maximum Gasteiger partial charge on any atom is 0.410 e.